The highest BCUT2D eigenvalue weighted by atomic mass is 19.3. The molecule has 3 rings (SSSR count). The number of alkyl halides is 2. The minimum atomic E-state index is -3.59. The molecule has 0 radical (unpaired) electrons. The third-order valence-corrected chi connectivity index (χ3v) is 4.96. The molecule has 26 heavy (non-hydrogen) atoms. The number of amides is 1. The van der Waals surface area contributed by atoms with Crippen LogP contribution in [0, 0.1) is 5.82 Å². The molecular weight excluding hydrogens is 347 g/mol. The van der Waals surface area contributed by atoms with Gasteiger partial charge in [0.2, 0.25) is 5.91 Å². The van der Waals surface area contributed by atoms with Gasteiger partial charge in [-0.3, -0.25) is 9.48 Å². The van der Waals surface area contributed by atoms with Gasteiger partial charge in [-0.25, -0.2) is 13.2 Å². The van der Waals surface area contributed by atoms with Crippen molar-refractivity contribution in [3.63, 3.8) is 0 Å². The maximum Gasteiger partial charge on any atom is 0.302 e. The van der Waals surface area contributed by atoms with Gasteiger partial charge >= 0.3 is 5.92 Å². The number of hydrogen-bond acceptors (Lipinski definition) is 3. The van der Waals surface area contributed by atoms with Crippen molar-refractivity contribution in [3.8, 4) is 11.3 Å². The van der Waals surface area contributed by atoms with E-state index >= 15 is 8.78 Å². The largest absolute Gasteiger partial charge is 0.359 e. The molecule has 0 aliphatic carbocycles. The first-order valence-corrected chi connectivity index (χ1v) is 8.11. The zero-order chi connectivity index (χ0) is 19.3. The average molecular weight is 367 g/mol. The van der Waals surface area contributed by atoms with Gasteiger partial charge in [-0.1, -0.05) is 0 Å². The van der Waals surface area contributed by atoms with Crippen molar-refractivity contribution in [3.05, 3.63) is 41.8 Å². The number of benzene rings is 1. The zero-order valence-electron chi connectivity index (χ0n) is 14.9. The van der Waals surface area contributed by atoms with E-state index in [1.165, 1.54) is 26.0 Å². The van der Waals surface area contributed by atoms with Crippen LogP contribution < -0.4 is 5.32 Å². The number of ether oxygens (including phenoxy) is 1. The molecule has 2 heterocycles. The van der Waals surface area contributed by atoms with Gasteiger partial charge in [0.1, 0.15) is 23.6 Å². The van der Waals surface area contributed by atoms with Crippen LogP contribution in [-0.2, 0) is 22.1 Å². The SMILES string of the molecule is Cn1nccc1-c1ccc(F)c(C2(C)NC(=O)COC(C)(C)C2(F)F)c1. The lowest BCUT2D eigenvalue weighted by molar-refractivity contribution is -0.216. The third kappa shape index (κ3) is 2.59. The molecule has 1 aromatic heterocycles. The van der Waals surface area contributed by atoms with Gasteiger partial charge in [0.05, 0.1) is 5.69 Å². The maximum atomic E-state index is 15.4. The second kappa shape index (κ2) is 5.84. The van der Waals surface area contributed by atoms with Gasteiger partial charge in [-0.05, 0) is 45.0 Å². The highest BCUT2D eigenvalue weighted by Gasteiger charge is 2.64. The molecule has 8 heteroatoms. The van der Waals surface area contributed by atoms with Crippen molar-refractivity contribution < 1.29 is 22.7 Å². The normalized spacial score (nSPS) is 24.8. The van der Waals surface area contributed by atoms with Gasteiger partial charge < -0.3 is 10.1 Å². The number of hydrogen-bond donors (Lipinski definition) is 1. The molecule has 5 nitrogen and oxygen atoms in total. The summed E-state index contributed by atoms with van der Waals surface area (Å²) in [6.07, 6.45) is 1.55. The Morgan fingerprint density at radius 3 is 2.54 bits per heavy atom. The Hall–Kier alpha value is -2.35. The van der Waals surface area contributed by atoms with Gasteiger partial charge in [-0.15, -0.1) is 0 Å². The molecule has 0 saturated carbocycles. The van der Waals surface area contributed by atoms with Crippen molar-refractivity contribution in [2.75, 3.05) is 6.61 Å². The van der Waals surface area contributed by atoms with Crippen molar-refractivity contribution in [2.45, 2.75) is 37.8 Å². The van der Waals surface area contributed by atoms with Crippen LogP contribution in [0.2, 0.25) is 0 Å². The lowest BCUT2D eigenvalue weighted by Gasteiger charge is -2.43. The van der Waals surface area contributed by atoms with Gasteiger partial charge in [-0.2, -0.15) is 5.10 Å². The minimum Gasteiger partial charge on any atom is -0.359 e. The average Bonchev–Trinajstić information content (AvgIpc) is 2.96. The van der Waals surface area contributed by atoms with Crippen LogP contribution >= 0.6 is 0 Å². The Bertz CT molecular complexity index is 863. The van der Waals surface area contributed by atoms with Crippen molar-refractivity contribution in [2.24, 2.45) is 7.05 Å². The van der Waals surface area contributed by atoms with Gasteiger partial charge in [0, 0.05) is 24.4 Å². The van der Waals surface area contributed by atoms with Crippen LogP contribution in [0.25, 0.3) is 11.3 Å². The number of nitrogens with one attached hydrogen (secondary N) is 1. The Morgan fingerprint density at radius 1 is 1.23 bits per heavy atom. The molecule has 1 aromatic carbocycles. The first-order valence-electron chi connectivity index (χ1n) is 8.11. The quantitative estimate of drug-likeness (QED) is 0.888. The Labute approximate surface area is 149 Å². The van der Waals surface area contributed by atoms with Crippen molar-refractivity contribution in [1.29, 1.82) is 0 Å². The molecule has 1 saturated heterocycles. The molecule has 1 unspecified atom stereocenters. The highest BCUT2D eigenvalue weighted by Crippen LogP contribution is 2.48. The summed E-state index contributed by atoms with van der Waals surface area (Å²) in [4.78, 5) is 12.0. The molecule has 1 aliphatic rings. The van der Waals surface area contributed by atoms with Crippen LogP contribution in [0.3, 0.4) is 0 Å². The van der Waals surface area contributed by atoms with E-state index in [9.17, 15) is 9.18 Å². The van der Waals surface area contributed by atoms with Gasteiger partial charge in [0.15, 0.2) is 0 Å². The smallest absolute Gasteiger partial charge is 0.302 e. The zero-order valence-corrected chi connectivity index (χ0v) is 14.9. The van der Waals surface area contributed by atoms with Crippen LogP contribution in [0.1, 0.15) is 26.3 Å². The topological polar surface area (TPSA) is 56.2 Å². The molecule has 1 aliphatic heterocycles. The summed E-state index contributed by atoms with van der Waals surface area (Å²) in [5, 5.41) is 6.31. The molecule has 0 spiro atoms. The number of carbonyl (C=O) groups excluding carboxylic acids is 1. The summed E-state index contributed by atoms with van der Waals surface area (Å²) in [6, 6.07) is 5.61. The summed E-state index contributed by atoms with van der Waals surface area (Å²) in [5.41, 5.74) is -3.43. The van der Waals surface area contributed by atoms with E-state index in [-0.39, 0.29) is 5.56 Å². The molecule has 0 bridgehead atoms. The molecule has 2 aromatic rings. The van der Waals surface area contributed by atoms with Crippen LogP contribution in [0.5, 0.6) is 0 Å². The number of aryl methyl sites for hydroxylation is 1. The summed E-state index contributed by atoms with van der Waals surface area (Å²) in [6.45, 7) is 2.97. The summed E-state index contributed by atoms with van der Waals surface area (Å²) < 4.78 is 52.0. The fourth-order valence-electron chi connectivity index (χ4n) is 3.29. The first kappa shape index (κ1) is 18.4. The summed E-state index contributed by atoms with van der Waals surface area (Å²) in [5.74, 6) is -5.16. The summed E-state index contributed by atoms with van der Waals surface area (Å²) >= 11 is 0. The molecular formula is C18H20F3N3O2. The van der Waals surface area contributed by atoms with Gasteiger partial charge in [0.25, 0.3) is 0 Å². The fourth-order valence-corrected chi connectivity index (χ4v) is 3.29. The van der Waals surface area contributed by atoms with Crippen LogP contribution in [0.4, 0.5) is 13.2 Å². The molecule has 140 valence electrons. The van der Waals surface area contributed by atoms with Crippen molar-refractivity contribution >= 4 is 5.91 Å². The number of carbonyl (C=O) groups is 1. The number of halogens is 3. The van der Waals surface area contributed by atoms with E-state index in [2.05, 4.69) is 10.4 Å². The van der Waals surface area contributed by atoms with Crippen LogP contribution in [-0.4, -0.2) is 33.8 Å². The second-order valence-corrected chi connectivity index (χ2v) is 7.08. The number of aromatic nitrogens is 2. The third-order valence-electron chi connectivity index (χ3n) is 4.96. The van der Waals surface area contributed by atoms with E-state index < -0.39 is 35.4 Å². The predicted molar refractivity (Wildman–Crippen MR) is 89.1 cm³/mol. The van der Waals surface area contributed by atoms with E-state index in [0.29, 0.717) is 11.3 Å². The Kier molecular flexibility index (Phi) is 4.14. The number of rotatable bonds is 2. The Balaban J connectivity index is 2.22. The van der Waals surface area contributed by atoms with E-state index in [0.717, 1.165) is 13.0 Å². The van der Waals surface area contributed by atoms with Crippen molar-refractivity contribution in [1.82, 2.24) is 15.1 Å². The second-order valence-electron chi connectivity index (χ2n) is 7.08. The van der Waals surface area contributed by atoms with E-state index in [4.69, 9.17) is 4.74 Å². The fraction of sp³-hybridized carbons (Fsp3) is 0.444. The van der Waals surface area contributed by atoms with E-state index in [1.54, 1.807) is 24.0 Å². The maximum absolute atomic E-state index is 15.4. The molecule has 1 atom stereocenters. The monoisotopic (exact) mass is 367 g/mol. The lowest BCUT2D eigenvalue weighted by atomic mass is 9.77. The minimum absolute atomic E-state index is 0.312. The Morgan fingerprint density at radius 2 is 1.92 bits per heavy atom. The molecule has 1 amide bonds. The molecule has 1 N–H and O–H groups in total. The predicted octanol–water partition coefficient (Wildman–Crippen LogP) is 3.00. The van der Waals surface area contributed by atoms with Crippen LogP contribution in [0.15, 0.2) is 30.5 Å². The first-order chi connectivity index (χ1) is 12.0. The standard InChI is InChI=1S/C18H20F3N3O2/c1-16(2)18(20,21)17(3,23-15(25)10-26-16)12-9-11(5-6-13(12)19)14-7-8-22-24(14)4/h5-9H,10H2,1-4H3,(H,23,25). The summed E-state index contributed by atoms with van der Waals surface area (Å²) in [7, 11) is 1.69. The highest BCUT2D eigenvalue weighted by molar-refractivity contribution is 5.79. The number of nitrogens with zero attached hydrogens (tertiary/aromatic N) is 2. The lowest BCUT2D eigenvalue weighted by Crippen LogP contribution is -2.62. The van der Waals surface area contributed by atoms with E-state index in [1.807, 2.05) is 0 Å². The molecule has 1 fully saturated rings.